The lowest BCUT2D eigenvalue weighted by atomic mass is 9.94. The second-order valence-electron chi connectivity index (χ2n) is 11.4. The van der Waals surface area contributed by atoms with E-state index in [1.165, 1.54) is 6.42 Å². The monoisotopic (exact) mass is 501 g/mol. The third-order valence-electron chi connectivity index (χ3n) is 6.51. The Morgan fingerprint density at radius 1 is 1.11 bits per heavy atom. The van der Waals surface area contributed by atoms with E-state index in [1.807, 2.05) is 45.0 Å². The minimum atomic E-state index is -0.813. The number of aryl methyl sites for hydroxylation is 1. The summed E-state index contributed by atoms with van der Waals surface area (Å²) >= 11 is 0. The van der Waals surface area contributed by atoms with Crippen LogP contribution in [-0.4, -0.2) is 47.0 Å². The Morgan fingerprint density at radius 2 is 1.78 bits per heavy atom. The van der Waals surface area contributed by atoms with Crippen LogP contribution in [0.1, 0.15) is 104 Å². The number of rotatable bonds is 10. The van der Waals surface area contributed by atoms with Crippen LogP contribution >= 0.6 is 0 Å². The van der Waals surface area contributed by atoms with Crippen molar-refractivity contribution in [3.05, 3.63) is 35.4 Å². The number of ether oxygens (including phenoxy) is 1. The second-order valence-corrected chi connectivity index (χ2v) is 11.4. The maximum Gasteiger partial charge on any atom is 0.408 e. The van der Waals surface area contributed by atoms with Crippen LogP contribution in [0.5, 0.6) is 0 Å². The fraction of sp³-hybridized carbons (Fsp3) is 0.690. The zero-order chi connectivity index (χ0) is 26.9. The summed E-state index contributed by atoms with van der Waals surface area (Å²) in [6.07, 6.45) is 6.32. The number of benzene rings is 1. The van der Waals surface area contributed by atoms with Crippen molar-refractivity contribution in [2.24, 2.45) is 5.92 Å². The van der Waals surface area contributed by atoms with Crippen molar-refractivity contribution < 1.29 is 19.1 Å². The number of hydrogen-bond acceptors (Lipinski definition) is 4. The molecule has 2 unspecified atom stereocenters. The Labute approximate surface area is 217 Å². The molecule has 2 rings (SSSR count). The van der Waals surface area contributed by atoms with E-state index < -0.39 is 23.8 Å². The van der Waals surface area contributed by atoms with E-state index in [4.69, 9.17) is 4.74 Å². The molecule has 1 aromatic rings. The predicted molar refractivity (Wildman–Crippen MR) is 144 cm³/mol. The minimum absolute atomic E-state index is 0.127. The molecule has 2 atom stereocenters. The summed E-state index contributed by atoms with van der Waals surface area (Å²) in [5, 5.41) is 6.03. The van der Waals surface area contributed by atoms with E-state index in [0.29, 0.717) is 6.54 Å². The van der Waals surface area contributed by atoms with Crippen molar-refractivity contribution in [1.82, 2.24) is 15.5 Å². The highest BCUT2D eigenvalue weighted by Crippen LogP contribution is 2.27. The molecule has 0 aromatic heterocycles. The maximum absolute atomic E-state index is 14.1. The summed E-state index contributed by atoms with van der Waals surface area (Å²) in [7, 11) is 0. The molecular weight excluding hydrogens is 454 g/mol. The van der Waals surface area contributed by atoms with E-state index >= 15 is 0 Å². The van der Waals surface area contributed by atoms with E-state index in [0.717, 1.165) is 49.7 Å². The number of alkyl carbamates (subject to hydrolysis) is 1. The van der Waals surface area contributed by atoms with Gasteiger partial charge in [0.2, 0.25) is 11.8 Å². The first kappa shape index (κ1) is 29.7. The molecule has 0 aliphatic heterocycles. The highest BCUT2D eigenvalue weighted by molar-refractivity contribution is 5.92. The summed E-state index contributed by atoms with van der Waals surface area (Å²) < 4.78 is 5.44. The van der Waals surface area contributed by atoms with Gasteiger partial charge in [-0.05, 0) is 58.4 Å². The normalized spacial score (nSPS) is 16.2. The van der Waals surface area contributed by atoms with Gasteiger partial charge in [0.1, 0.15) is 17.7 Å². The molecular formula is C29H47N3O4. The quantitative estimate of drug-likeness (QED) is 0.433. The van der Waals surface area contributed by atoms with E-state index in [9.17, 15) is 14.4 Å². The van der Waals surface area contributed by atoms with Crippen molar-refractivity contribution in [1.29, 1.82) is 0 Å². The molecule has 0 saturated heterocycles. The van der Waals surface area contributed by atoms with Crippen molar-refractivity contribution >= 4 is 17.9 Å². The Hall–Kier alpha value is -2.57. The van der Waals surface area contributed by atoms with Crippen LogP contribution in [0.2, 0.25) is 0 Å². The fourth-order valence-electron chi connectivity index (χ4n) is 4.66. The topological polar surface area (TPSA) is 87.7 Å². The number of carbonyl (C=O) groups excluding carboxylic acids is 3. The molecule has 202 valence electrons. The average Bonchev–Trinajstić information content (AvgIpc) is 2.79. The van der Waals surface area contributed by atoms with Gasteiger partial charge in [-0.2, -0.15) is 0 Å². The second kappa shape index (κ2) is 13.7. The molecule has 0 spiro atoms. The number of nitrogens with one attached hydrogen (secondary N) is 2. The van der Waals surface area contributed by atoms with E-state index in [2.05, 4.69) is 17.6 Å². The van der Waals surface area contributed by atoms with Gasteiger partial charge in [-0.1, -0.05) is 76.3 Å². The standard InChI is InChI=1S/C29H47N3O4/c1-8-9-18-32(27(34)24(20(2)3)31-28(35)36-29(5,6)7)25(22-15-13-14-21(4)19-22)26(33)30-23-16-11-10-12-17-23/h13-15,19-20,23-25H,8-12,16-18H2,1-7H3,(H,30,33)(H,31,35). The van der Waals surface area contributed by atoms with E-state index in [-0.39, 0.29) is 23.8 Å². The Morgan fingerprint density at radius 3 is 2.33 bits per heavy atom. The zero-order valence-electron chi connectivity index (χ0n) is 23.4. The number of nitrogens with zero attached hydrogens (tertiary/aromatic N) is 1. The van der Waals surface area contributed by atoms with Crippen molar-refractivity contribution in [3.63, 3.8) is 0 Å². The van der Waals surface area contributed by atoms with Gasteiger partial charge in [0, 0.05) is 12.6 Å². The molecule has 1 fully saturated rings. The first-order valence-corrected chi connectivity index (χ1v) is 13.6. The summed E-state index contributed by atoms with van der Waals surface area (Å²) in [6, 6.07) is 6.34. The molecule has 2 N–H and O–H groups in total. The minimum Gasteiger partial charge on any atom is -0.444 e. The average molecular weight is 502 g/mol. The Kier molecular flexibility index (Phi) is 11.3. The zero-order valence-corrected chi connectivity index (χ0v) is 23.4. The lowest BCUT2D eigenvalue weighted by molar-refractivity contribution is -0.143. The fourth-order valence-corrected chi connectivity index (χ4v) is 4.66. The van der Waals surface area contributed by atoms with Gasteiger partial charge in [-0.15, -0.1) is 0 Å². The largest absolute Gasteiger partial charge is 0.444 e. The molecule has 3 amide bonds. The van der Waals surface area contributed by atoms with Gasteiger partial charge in [0.15, 0.2) is 0 Å². The van der Waals surface area contributed by atoms with Crippen LogP contribution in [0.15, 0.2) is 24.3 Å². The van der Waals surface area contributed by atoms with Crippen molar-refractivity contribution in [2.75, 3.05) is 6.54 Å². The van der Waals surface area contributed by atoms with Gasteiger partial charge in [0.25, 0.3) is 0 Å². The van der Waals surface area contributed by atoms with Crippen LogP contribution < -0.4 is 10.6 Å². The Bertz CT molecular complexity index is 872. The highest BCUT2D eigenvalue weighted by atomic mass is 16.6. The SMILES string of the molecule is CCCCN(C(=O)C(NC(=O)OC(C)(C)C)C(C)C)C(C(=O)NC1CCCCC1)c1cccc(C)c1. The molecule has 7 heteroatoms. The summed E-state index contributed by atoms with van der Waals surface area (Å²) in [5.41, 5.74) is 1.13. The molecule has 0 radical (unpaired) electrons. The smallest absolute Gasteiger partial charge is 0.408 e. The molecule has 1 aliphatic rings. The lowest BCUT2D eigenvalue weighted by Gasteiger charge is -2.36. The van der Waals surface area contributed by atoms with Gasteiger partial charge < -0.3 is 20.3 Å². The van der Waals surface area contributed by atoms with Crippen LogP contribution in [-0.2, 0) is 14.3 Å². The molecule has 7 nitrogen and oxygen atoms in total. The number of amides is 3. The highest BCUT2D eigenvalue weighted by Gasteiger charge is 2.37. The first-order chi connectivity index (χ1) is 16.9. The van der Waals surface area contributed by atoms with Gasteiger partial charge >= 0.3 is 6.09 Å². The molecule has 1 saturated carbocycles. The third kappa shape index (κ3) is 9.14. The van der Waals surface area contributed by atoms with Crippen molar-refractivity contribution in [2.45, 2.75) is 117 Å². The van der Waals surface area contributed by atoms with E-state index in [1.54, 1.807) is 25.7 Å². The number of unbranched alkanes of at least 4 members (excludes halogenated alkanes) is 1. The molecule has 36 heavy (non-hydrogen) atoms. The predicted octanol–water partition coefficient (Wildman–Crippen LogP) is 5.66. The molecule has 1 aromatic carbocycles. The molecule has 0 bridgehead atoms. The molecule has 0 heterocycles. The van der Waals surface area contributed by atoms with Gasteiger partial charge in [0.05, 0.1) is 0 Å². The summed E-state index contributed by atoms with van der Waals surface area (Å²) in [5.74, 6) is -0.611. The van der Waals surface area contributed by atoms with Crippen LogP contribution in [0.3, 0.4) is 0 Å². The third-order valence-corrected chi connectivity index (χ3v) is 6.51. The van der Waals surface area contributed by atoms with Gasteiger partial charge in [-0.25, -0.2) is 4.79 Å². The van der Waals surface area contributed by atoms with Crippen LogP contribution in [0.25, 0.3) is 0 Å². The first-order valence-electron chi connectivity index (χ1n) is 13.6. The maximum atomic E-state index is 14.1. The van der Waals surface area contributed by atoms with Crippen LogP contribution in [0, 0.1) is 12.8 Å². The molecule has 1 aliphatic carbocycles. The number of hydrogen-bond donors (Lipinski definition) is 2. The summed E-state index contributed by atoms with van der Waals surface area (Å²) in [6.45, 7) is 13.6. The number of carbonyl (C=O) groups is 3. The van der Waals surface area contributed by atoms with Crippen molar-refractivity contribution in [3.8, 4) is 0 Å². The van der Waals surface area contributed by atoms with Gasteiger partial charge in [-0.3, -0.25) is 9.59 Å². The van der Waals surface area contributed by atoms with Crippen LogP contribution in [0.4, 0.5) is 4.79 Å². The lowest BCUT2D eigenvalue weighted by Crippen LogP contribution is -2.55. The Balaban J connectivity index is 2.43. The summed E-state index contributed by atoms with van der Waals surface area (Å²) in [4.78, 5) is 42.2.